The van der Waals surface area contributed by atoms with Crippen molar-refractivity contribution in [1.82, 2.24) is 15.1 Å². The highest BCUT2D eigenvalue weighted by Crippen LogP contribution is 2.25. The van der Waals surface area contributed by atoms with Gasteiger partial charge in [-0.15, -0.1) is 0 Å². The van der Waals surface area contributed by atoms with Crippen LogP contribution in [0.25, 0.3) is 0 Å². The number of methoxy groups -OCH3 is 1. The van der Waals surface area contributed by atoms with Crippen LogP contribution in [0.2, 0.25) is 0 Å². The quantitative estimate of drug-likeness (QED) is 0.912. The summed E-state index contributed by atoms with van der Waals surface area (Å²) in [5, 5.41) is 7.35. The number of rotatable bonds is 5. The summed E-state index contributed by atoms with van der Waals surface area (Å²) in [6, 6.07) is 6.78. The summed E-state index contributed by atoms with van der Waals surface area (Å²) in [7, 11) is 1.40. The lowest BCUT2D eigenvalue weighted by atomic mass is 9.91. The van der Waals surface area contributed by atoms with E-state index in [-0.39, 0.29) is 23.0 Å². The molecule has 0 unspecified atom stereocenters. The lowest BCUT2D eigenvalue weighted by Crippen LogP contribution is -2.31. The van der Waals surface area contributed by atoms with Crippen molar-refractivity contribution < 1.29 is 14.3 Å². The predicted octanol–water partition coefficient (Wildman–Crippen LogP) is 2.24. The Balaban J connectivity index is 1.92. The average molecular weight is 325 g/mol. The summed E-state index contributed by atoms with van der Waals surface area (Å²) >= 11 is 0. The molecule has 24 heavy (non-hydrogen) atoms. The molecular formula is C18H19N3O3. The number of allylic oxidation sites excluding steroid dienone is 2. The Morgan fingerprint density at radius 3 is 2.42 bits per heavy atom. The van der Waals surface area contributed by atoms with Crippen molar-refractivity contribution in [2.75, 3.05) is 7.11 Å². The SMILES string of the molecule is CCn1ncc(CNC2=C(OC)C(=O)c3ccccc3C2=O)c1C. The summed E-state index contributed by atoms with van der Waals surface area (Å²) in [5.74, 6) is -0.460. The number of ether oxygens (including phenoxy) is 1. The number of aryl methyl sites for hydroxylation is 1. The predicted molar refractivity (Wildman–Crippen MR) is 88.6 cm³/mol. The normalized spacial score (nSPS) is 14.0. The van der Waals surface area contributed by atoms with Crippen molar-refractivity contribution >= 4 is 11.6 Å². The third kappa shape index (κ3) is 2.50. The maximum atomic E-state index is 12.7. The zero-order valence-corrected chi connectivity index (χ0v) is 13.9. The molecule has 0 aliphatic heterocycles. The minimum absolute atomic E-state index is 0.0548. The highest BCUT2D eigenvalue weighted by Gasteiger charge is 2.33. The average Bonchev–Trinajstić information content (AvgIpc) is 2.96. The highest BCUT2D eigenvalue weighted by molar-refractivity contribution is 6.25. The van der Waals surface area contributed by atoms with Crippen LogP contribution in [-0.4, -0.2) is 28.5 Å². The van der Waals surface area contributed by atoms with E-state index in [2.05, 4.69) is 10.4 Å². The number of hydrogen-bond donors (Lipinski definition) is 1. The molecule has 2 aromatic rings. The van der Waals surface area contributed by atoms with Crippen LogP contribution in [0, 0.1) is 6.92 Å². The molecule has 6 nitrogen and oxygen atoms in total. The van der Waals surface area contributed by atoms with E-state index in [1.807, 2.05) is 18.5 Å². The Morgan fingerprint density at radius 2 is 1.83 bits per heavy atom. The Labute approximate surface area is 140 Å². The van der Waals surface area contributed by atoms with Crippen LogP contribution in [0.3, 0.4) is 0 Å². The van der Waals surface area contributed by atoms with Crippen LogP contribution in [0.4, 0.5) is 0 Å². The van der Waals surface area contributed by atoms with Gasteiger partial charge >= 0.3 is 0 Å². The summed E-state index contributed by atoms with van der Waals surface area (Å²) in [6.45, 7) is 5.17. The number of fused-ring (bicyclic) bond motifs is 1. The molecule has 0 saturated heterocycles. The van der Waals surface area contributed by atoms with E-state index in [0.29, 0.717) is 17.7 Å². The van der Waals surface area contributed by atoms with E-state index in [0.717, 1.165) is 17.8 Å². The molecule has 6 heteroatoms. The van der Waals surface area contributed by atoms with E-state index >= 15 is 0 Å². The minimum Gasteiger partial charge on any atom is -0.491 e. The van der Waals surface area contributed by atoms with Gasteiger partial charge in [0.25, 0.3) is 0 Å². The standard InChI is InChI=1S/C18H19N3O3/c1-4-21-11(2)12(10-20-21)9-19-15-16(22)13-7-5-6-8-14(13)17(23)18(15)24-3/h5-8,10,19H,4,9H2,1-3H3. The first kappa shape index (κ1) is 16.0. The fraction of sp³-hybridized carbons (Fsp3) is 0.278. The number of hydrogen-bond acceptors (Lipinski definition) is 5. The van der Waals surface area contributed by atoms with Crippen molar-refractivity contribution in [2.45, 2.75) is 26.9 Å². The van der Waals surface area contributed by atoms with Crippen LogP contribution in [0.5, 0.6) is 0 Å². The van der Waals surface area contributed by atoms with Gasteiger partial charge in [-0.1, -0.05) is 24.3 Å². The smallest absolute Gasteiger partial charge is 0.230 e. The van der Waals surface area contributed by atoms with Gasteiger partial charge in [-0.3, -0.25) is 14.3 Å². The Kier molecular flexibility index (Phi) is 4.20. The van der Waals surface area contributed by atoms with Gasteiger partial charge in [0.05, 0.1) is 13.3 Å². The Hall–Kier alpha value is -2.89. The van der Waals surface area contributed by atoms with Crippen LogP contribution < -0.4 is 5.32 Å². The second kappa shape index (κ2) is 6.31. The molecule has 0 radical (unpaired) electrons. The third-order valence-electron chi connectivity index (χ3n) is 4.24. The summed E-state index contributed by atoms with van der Waals surface area (Å²) in [6.07, 6.45) is 1.77. The van der Waals surface area contributed by atoms with Gasteiger partial charge in [-0.05, 0) is 13.8 Å². The molecule has 1 N–H and O–H groups in total. The molecule has 1 aromatic heterocycles. The van der Waals surface area contributed by atoms with Crippen LogP contribution in [-0.2, 0) is 17.8 Å². The number of Topliss-reactive ketones (excluding diaryl/α,β-unsaturated/α-hetero) is 2. The van der Waals surface area contributed by atoms with Crippen molar-refractivity contribution in [3.8, 4) is 0 Å². The first-order chi connectivity index (χ1) is 11.6. The highest BCUT2D eigenvalue weighted by atomic mass is 16.5. The molecule has 3 rings (SSSR count). The maximum absolute atomic E-state index is 12.7. The second-order valence-electron chi connectivity index (χ2n) is 5.54. The molecule has 0 atom stereocenters. The van der Waals surface area contributed by atoms with E-state index in [9.17, 15) is 9.59 Å². The first-order valence-corrected chi connectivity index (χ1v) is 7.80. The van der Waals surface area contributed by atoms with Gasteiger partial charge in [-0.2, -0.15) is 5.10 Å². The second-order valence-corrected chi connectivity index (χ2v) is 5.54. The lowest BCUT2D eigenvalue weighted by Gasteiger charge is -2.20. The zero-order valence-electron chi connectivity index (χ0n) is 13.9. The van der Waals surface area contributed by atoms with Gasteiger partial charge in [0.1, 0.15) is 5.70 Å². The molecular weight excluding hydrogens is 306 g/mol. The summed E-state index contributed by atoms with van der Waals surface area (Å²) in [5.41, 5.74) is 2.97. The van der Waals surface area contributed by atoms with E-state index < -0.39 is 0 Å². The van der Waals surface area contributed by atoms with Crippen molar-refractivity contribution in [3.63, 3.8) is 0 Å². The number of aromatic nitrogens is 2. The van der Waals surface area contributed by atoms with Crippen LogP contribution in [0.1, 0.15) is 38.9 Å². The maximum Gasteiger partial charge on any atom is 0.230 e. The monoisotopic (exact) mass is 325 g/mol. The lowest BCUT2D eigenvalue weighted by molar-refractivity contribution is 0.0899. The first-order valence-electron chi connectivity index (χ1n) is 7.80. The van der Waals surface area contributed by atoms with E-state index in [4.69, 9.17) is 4.74 Å². The van der Waals surface area contributed by atoms with Crippen LogP contribution >= 0.6 is 0 Å². The summed E-state index contributed by atoms with van der Waals surface area (Å²) in [4.78, 5) is 25.3. The molecule has 1 aromatic carbocycles. The summed E-state index contributed by atoms with van der Waals surface area (Å²) < 4.78 is 7.09. The molecule has 124 valence electrons. The van der Waals surface area contributed by atoms with Gasteiger partial charge in [0, 0.05) is 35.5 Å². The number of nitrogens with one attached hydrogen (secondary N) is 1. The number of ketones is 2. The molecule has 0 saturated carbocycles. The number of nitrogens with zero attached hydrogens (tertiary/aromatic N) is 2. The van der Waals surface area contributed by atoms with Gasteiger partial charge in [-0.25, -0.2) is 0 Å². The molecule has 1 aliphatic carbocycles. The van der Waals surface area contributed by atoms with Gasteiger partial charge in [0.15, 0.2) is 5.76 Å². The van der Waals surface area contributed by atoms with Crippen molar-refractivity contribution in [2.24, 2.45) is 0 Å². The fourth-order valence-corrected chi connectivity index (χ4v) is 2.87. The van der Waals surface area contributed by atoms with E-state index in [1.165, 1.54) is 7.11 Å². The zero-order chi connectivity index (χ0) is 17.3. The van der Waals surface area contributed by atoms with E-state index in [1.54, 1.807) is 30.5 Å². The topological polar surface area (TPSA) is 73.2 Å². The molecule has 0 fully saturated rings. The van der Waals surface area contributed by atoms with Crippen molar-refractivity contribution in [3.05, 3.63) is 64.3 Å². The molecule has 1 heterocycles. The number of carbonyl (C=O) groups is 2. The van der Waals surface area contributed by atoms with Crippen molar-refractivity contribution in [1.29, 1.82) is 0 Å². The minimum atomic E-state index is -0.281. The fourth-order valence-electron chi connectivity index (χ4n) is 2.87. The molecule has 0 bridgehead atoms. The number of benzene rings is 1. The Bertz CT molecular complexity index is 849. The molecule has 1 aliphatic rings. The van der Waals surface area contributed by atoms with Gasteiger partial charge in [0.2, 0.25) is 11.6 Å². The molecule has 0 spiro atoms. The Morgan fingerprint density at radius 1 is 1.17 bits per heavy atom. The molecule has 0 amide bonds. The third-order valence-corrected chi connectivity index (χ3v) is 4.24. The van der Waals surface area contributed by atoms with Gasteiger partial charge < -0.3 is 10.1 Å². The number of carbonyl (C=O) groups excluding carboxylic acids is 2. The van der Waals surface area contributed by atoms with Crippen LogP contribution in [0.15, 0.2) is 41.9 Å². The largest absolute Gasteiger partial charge is 0.491 e.